The molecule has 0 unspecified atom stereocenters. The molecule has 2 aromatic carbocycles. The van der Waals surface area contributed by atoms with Crippen molar-refractivity contribution in [2.45, 2.75) is 0 Å². The molecule has 0 heterocycles. The van der Waals surface area contributed by atoms with E-state index in [0.29, 0.717) is 15.8 Å². The fourth-order valence-corrected chi connectivity index (χ4v) is 2.01. The van der Waals surface area contributed by atoms with Crippen LogP contribution in [0.5, 0.6) is 5.75 Å². The molecule has 0 amide bonds. The number of halogens is 2. The van der Waals surface area contributed by atoms with Crippen molar-refractivity contribution in [1.82, 2.24) is 0 Å². The second kappa shape index (κ2) is 5.31. The standard InChI is InChI=1S/C14H10BrFO2/c1-18-13-5-3-2-4-10(13)14(17)11-8-9(15)6-7-12(11)16/h2-8H,1H3. The summed E-state index contributed by atoms with van der Waals surface area (Å²) in [5, 5.41) is 0. The highest BCUT2D eigenvalue weighted by atomic mass is 79.9. The van der Waals surface area contributed by atoms with E-state index in [1.165, 1.54) is 19.2 Å². The highest BCUT2D eigenvalue weighted by Gasteiger charge is 2.17. The summed E-state index contributed by atoms with van der Waals surface area (Å²) in [6, 6.07) is 11.0. The lowest BCUT2D eigenvalue weighted by Crippen LogP contribution is -2.06. The third kappa shape index (κ3) is 2.43. The van der Waals surface area contributed by atoms with Crippen molar-refractivity contribution in [1.29, 1.82) is 0 Å². The third-order valence-corrected chi connectivity index (χ3v) is 3.02. The van der Waals surface area contributed by atoms with E-state index in [1.807, 2.05) is 0 Å². The van der Waals surface area contributed by atoms with Crippen molar-refractivity contribution >= 4 is 21.7 Å². The zero-order valence-corrected chi connectivity index (χ0v) is 11.2. The van der Waals surface area contributed by atoms with Gasteiger partial charge >= 0.3 is 0 Å². The monoisotopic (exact) mass is 308 g/mol. The number of para-hydroxylation sites is 1. The van der Waals surface area contributed by atoms with Gasteiger partial charge in [-0.3, -0.25) is 4.79 Å². The summed E-state index contributed by atoms with van der Waals surface area (Å²) in [6.07, 6.45) is 0. The van der Waals surface area contributed by atoms with E-state index in [0.717, 1.165) is 0 Å². The Morgan fingerprint density at radius 3 is 2.61 bits per heavy atom. The number of ketones is 1. The van der Waals surface area contributed by atoms with Crippen LogP contribution in [0.2, 0.25) is 0 Å². The predicted molar refractivity (Wildman–Crippen MR) is 70.5 cm³/mol. The van der Waals surface area contributed by atoms with Gasteiger partial charge < -0.3 is 4.74 Å². The first-order chi connectivity index (χ1) is 8.63. The maximum atomic E-state index is 13.7. The summed E-state index contributed by atoms with van der Waals surface area (Å²) in [5.41, 5.74) is 0.367. The number of rotatable bonds is 3. The molecule has 0 aromatic heterocycles. The highest BCUT2D eigenvalue weighted by Crippen LogP contribution is 2.24. The van der Waals surface area contributed by atoms with Crippen LogP contribution in [-0.2, 0) is 0 Å². The minimum atomic E-state index is -0.547. The molecule has 2 rings (SSSR count). The molecule has 92 valence electrons. The van der Waals surface area contributed by atoms with E-state index in [4.69, 9.17) is 4.74 Å². The van der Waals surface area contributed by atoms with E-state index < -0.39 is 11.6 Å². The van der Waals surface area contributed by atoms with Crippen LogP contribution in [0.25, 0.3) is 0 Å². The molecule has 2 aromatic rings. The fraction of sp³-hybridized carbons (Fsp3) is 0.0714. The number of benzene rings is 2. The molecule has 0 aliphatic carbocycles. The summed E-state index contributed by atoms with van der Waals surface area (Å²) in [4.78, 5) is 12.3. The first-order valence-corrected chi connectivity index (χ1v) is 6.05. The van der Waals surface area contributed by atoms with E-state index in [-0.39, 0.29) is 5.56 Å². The zero-order valence-electron chi connectivity index (χ0n) is 9.61. The van der Waals surface area contributed by atoms with Gasteiger partial charge in [0.2, 0.25) is 0 Å². The molecule has 18 heavy (non-hydrogen) atoms. The minimum Gasteiger partial charge on any atom is -0.496 e. The Kier molecular flexibility index (Phi) is 3.77. The van der Waals surface area contributed by atoms with Crippen LogP contribution in [0.3, 0.4) is 0 Å². The molecular formula is C14H10BrFO2. The Bertz CT molecular complexity index is 596. The number of ether oxygens (including phenoxy) is 1. The van der Waals surface area contributed by atoms with Gasteiger partial charge in [0.05, 0.1) is 18.2 Å². The lowest BCUT2D eigenvalue weighted by atomic mass is 10.0. The van der Waals surface area contributed by atoms with E-state index in [1.54, 1.807) is 30.3 Å². The van der Waals surface area contributed by atoms with Gasteiger partial charge in [0, 0.05) is 4.47 Å². The third-order valence-electron chi connectivity index (χ3n) is 2.52. The first-order valence-electron chi connectivity index (χ1n) is 5.26. The summed E-state index contributed by atoms with van der Waals surface area (Å²) < 4.78 is 19.4. The normalized spacial score (nSPS) is 10.2. The summed E-state index contributed by atoms with van der Waals surface area (Å²) in [6.45, 7) is 0. The summed E-state index contributed by atoms with van der Waals surface area (Å²) >= 11 is 3.22. The number of carbonyl (C=O) groups is 1. The lowest BCUT2D eigenvalue weighted by molar-refractivity contribution is 0.103. The van der Waals surface area contributed by atoms with Crippen LogP contribution < -0.4 is 4.74 Å². The van der Waals surface area contributed by atoms with Gasteiger partial charge in [-0.1, -0.05) is 28.1 Å². The Morgan fingerprint density at radius 2 is 1.89 bits per heavy atom. The van der Waals surface area contributed by atoms with Gasteiger partial charge in [-0.25, -0.2) is 4.39 Å². The summed E-state index contributed by atoms with van der Waals surface area (Å²) in [7, 11) is 1.48. The molecule has 0 atom stereocenters. The van der Waals surface area contributed by atoms with Gasteiger partial charge in [-0.15, -0.1) is 0 Å². The van der Waals surface area contributed by atoms with Crippen LogP contribution in [-0.4, -0.2) is 12.9 Å². The smallest absolute Gasteiger partial charge is 0.199 e. The molecule has 0 bridgehead atoms. The number of methoxy groups -OCH3 is 1. The number of hydrogen-bond acceptors (Lipinski definition) is 2. The highest BCUT2D eigenvalue weighted by molar-refractivity contribution is 9.10. The lowest BCUT2D eigenvalue weighted by Gasteiger charge is -2.08. The Hall–Kier alpha value is -1.68. The topological polar surface area (TPSA) is 26.3 Å². The average molecular weight is 309 g/mol. The van der Waals surface area contributed by atoms with Crippen molar-refractivity contribution < 1.29 is 13.9 Å². The van der Waals surface area contributed by atoms with Gasteiger partial charge in [0.15, 0.2) is 5.78 Å². The quantitative estimate of drug-likeness (QED) is 0.806. The summed E-state index contributed by atoms with van der Waals surface area (Å²) in [5.74, 6) is -0.512. The zero-order chi connectivity index (χ0) is 13.1. The van der Waals surface area contributed by atoms with Crippen molar-refractivity contribution in [3.8, 4) is 5.75 Å². The van der Waals surface area contributed by atoms with E-state index in [9.17, 15) is 9.18 Å². The molecule has 0 aliphatic rings. The Morgan fingerprint density at radius 1 is 1.17 bits per heavy atom. The van der Waals surface area contributed by atoms with E-state index >= 15 is 0 Å². The second-order valence-corrected chi connectivity index (χ2v) is 4.57. The molecule has 0 radical (unpaired) electrons. The van der Waals surface area contributed by atoms with E-state index in [2.05, 4.69) is 15.9 Å². The molecular weight excluding hydrogens is 299 g/mol. The SMILES string of the molecule is COc1ccccc1C(=O)c1cc(Br)ccc1F. The molecule has 0 saturated carbocycles. The fourth-order valence-electron chi connectivity index (χ4n) is 1.65. The van der Waals surface area contributed by atoms with Crippen LogP contribution in [0.1, 0.15) is 15.9 Å². The first kappa shape index (κ1) is 12.8. The van der Waals surface area contributed by atoms with Crippen molar-refractivity contribution in [3.05, 3.63) is 63.9 Å². The van der Waals surface area contributed by atoms with Gasteiger partial charge in [0.25, 0.3) is 0 Å². The second-order valence-electron chi connectivity index (χ2n) is 3.65. The number of carbonyl (C=O) groups excluding carboxylic acids is 1. The number of hydrogen-bond donors (Lipinski definition) is 0. The van der Waals surface area contributed by atoms with Crippen molar-refractivity contribution in [3.63, 3.8) is 0 Å². The maximum absolute atomic E-state index is 13.7. The van der Waals surface area contributed by atoms with Crippen LogP contribution in [0, 0.1) is 5.82 Å². The molecule has 2 nitrogen and oxygen atoms in total. The van der Waals surface area contributed by atoms with Gasteiger partial charge in [0.1, 0.15) is 11.6 Å². The van der Waals surface area contributed by atoms with Gasteiger partial charge in [-0.2, -0.15) is 0 Å². The molecule has 4 heteroatoms. The maximum Gasteiger partial charge on any atom is 0.199 e. The molecule has 0 N–H and O–H groups in total. The molecule has 0 fully saturated rings. The molecule has 0 saturated heterocycles. The van der Waals surface area contributed by atoms with Gasteiger partial charge in [-0.05, 0) is 30.3 Å². The van der Waals surface area contributed by atoms with Crippen LogP contribution in [0.4, 0.5) is 4.39 Å². The molecule has 0 spiro atoms. The van der Waals surface area contributed by atoms with Crippen molar-refractivity contribution in [2.75, 3.05) is 7.11 Å². The Labute approximate surface area is 113 Å². The molecule has 0 aliphatic heterocycles. The minimum absolute atomic E-state index is 0.0221. The Balaban J connectivity index is 2.51. The predicted octanol–water partition coefficient (Wildman–Crippen LogP) is 3.83. The van der Waals surface area contributed by atoms with Crippen LogP contribution >= 0.6 is 15.9 Å². The average Bonchev–Trinajstić information content (AvgIpc) is 2.40. The largest absolute Gasteiger partial charge is 0.496 e. The van der Waals surface area contributed by atoms with Crippen LogP contribution in [0.15, 0.2) is 46.9 Å². The van der Waals surface area contributed by atoms with Crippen molar-refractivity contribution in [2.24, 2.45) is 0 Å².